The van der Waals surface area contributed by atoms with Gasteiger partial charge in [-0.15, -0.1) is 0 Å². The van der Waals surface area contributed by atoms with Crippen molar-refractivity contribution in [3.8, 4) is 12.0 Å². The number of hydrogen-bond donors (Lipinski definition) is 3. The summed E-state index contributed by atoms with van der Waals surface area (Å²) in [6.45, 7) is 0.323. The molecule has 3 N–H and O–H groups in total. The topological polar surface area (TPSA) is 118 Å². The summed E-state index contributed by atoms with van der Waals surface area (Å²) in [5.41, 5.74) is 1.86. The summed E-state index contributed by atoms with van der Waals surface area (Å²) in [5, 5.41) is 22.2. The van der Waals surface area contributed by atoms with Crippen LogP contribution in [0.2, 0.25) is 0 Å². The van der Waals surface area contributed by atoms with E-state index in [1.807, 2.05) is 0 Å². The van der Waals surface area contributed by atoms with Crippen molar-refractivity contribution < 1.29 is 19.2 Å². The summed E-state index contributed by atoms with van der Waals surface area (Å²) in [7, 11) is -0.245. The van der Waals surface area contributed by atoms with Crippen LogP contribution in [0.1, 0.15) is 5.56 Å². The Morgan fingerprint density at radius 2 is 1.97 bits per heavy atom. The molecule has 9 nitrogen and oxygen atoms in total. The van der Waals surface area contributed by atoms with Gasteiger partial charge in [-0.05, 0) is 23.8 Å². The van der Waals surface area contributed by atoms with E-state index in [1.165, 1.54) is 30.1 Å². The molecule has 0 saturated heterocycles. The number of methoxy groups -OCH3 is 1. The van der Waals surface area contributed by atoms with E-state index in [0.29, 0.717) is 17.6 Å². The average Bonchev–Trinajstić information content (AvgIpc) is 3.11. The summed E-state index contributed by atoms with van der Waals surface area (Å²) in [6, 6.07) is 11.3. The van der Waals surface area contributed by atoms with Gasteiger partial charge in [0.25, 0.3) is 0 Å². The van der Waals surface area contributed by atoms with Crippen LogP contribution in [-0.4, -0.2) is 48.8 Å². The van der Waals surface area contributed by atoms with Crippen LogP contribution in [-0.2, 0) is 6.54 Å². The molecule has 0 amide bonds. The molecular formula is C18H16BFN6O3. The highest BCUT2D eigenvalue weighted by Gasteiger charge is 2.22. The Labute approximate surface area is 165 Å². The molecule has 0 aliphatic rings. The van der Waals surface area contributed by atoms with Crippen LogP contribution in [0.3, 0.4) is 0 Å². The highest BCUT2D eigenvalue weighted by atomic mass is 19.1. The van der Waals surface area contributed by atoms with E-state index in [0.717, 1.165) is 5.56 Å². The molecule has 0 spiro atoms. The van der Waals surface area contributed by atoms with Crippen molar-refractivity contribution in [2.24, 2.45) is 0 Å². The van der Waals surface area contributed by atoms with E-state index in [9.17, 15) is 14.4 Å². The number of aromatic nitrogens is 5. The summed E-state index contributed by atoms with van der Waals surface area (Å²) in [4.78, 5) is 17.0. The quantitative estimate of drug-likeness (QED) is 0.408. The number of benzene rings is 2. The molecule has 0 unspecified atom stereocenters. The minimum absolute atomic E-state index is 0.176. The second kappa shape index (κ2) is 7.82. The number of para-hydroxylation sites is 1. The van der Waals surface area contributed by atoms with E-state index >= 15 is 0 Å². The number of nitrogens with one attached hydrogen (secondary N) is 1. The molecule has 4 rings (SSSR count). The summed E-state index contributed by atoms with van der Waals surface area (Å²) in [5.74, 6) is 0.185. The number of hydrogen-bond acceptors (Lipinski definition) is 8. The van der Waals surface area contributed by atoms with Crippen molar-refractivity contribution in [1.29, 1.82) is 0 Å². The molecule has 0 radical (unpaired) electrons. The van der Waals surface area contributed by atoms with Crippen LogP contribution in [0.4, 0.5) is 10.3 Å². The number of nitrogens with zero attached hydrogens (tertiary/aromatic N) is 5. The van der Waals surface area contributed by atoms with Crippen molar-refractivity contribution in [3.63, 3.8) is 0 Å². The zero-order valence-corrected chi connectivity index (χ0v) is 15.3. The Bertz CT molecular complexity index is 1170. The van der Waals surface area contributed by atoms with E-state index in [2.05, 4.69) is 25.3 Å². The standard InChI is InChI=1S/C18H16BFN6O3/c1-29-18-24-15-13(19(27)28)6-3-7-14(15)26(18)17-23-10-22-16(25-17)21-9-11-4-2-5-12(20)8-11/h2-8,10,27-28H,9H2,1H3,(H,21,22,23,25). The fourth-order valence-electron chi connectivity index (χ4n) is 2.95. The lowest BCUT2D eigenvalue weighted by Gasteiger charge is -2.09. The van der Waals surface area contributed by atoms with Crippen LogP contribution in [0.25, 0.3) is 17.0 Å². The van der Waals surface area contributed by atoms with Crippen LogP contribution in [0, 0.1) is 5.82 Å². The predicted octanol–water partition coefficient (Wildman–Crippen LogP) is 0.650. The summed E-state index contributed by atoms with van der Waals surface area (Å²) >= 11 is 0. The zero-order valence-electron chi connectivity index (χ0n) is 15.3. The first kappa shape index (κ1) is 18.8. The number of rotatable bonds is 6. The fourth-order valence-corrected chi connectivity index (χ4v) is 2.95. The van der Waals surface area contributed by atoms with Gasteiger partial charge in [-0.2, -0.15) is 9.97 Å². The number of ether oxygens (including phenoxy) is 1. The Kier molecular flexibility index (Phi) is 5.06. The molecule has 0 bridgehead atoms. The number of imidazole rings is 1. The van der Waals surface area contributed by atoms with Gasteiger partial charge in [0, 0.05) is 12.0 Å². The molecule has 2 aromatic heterocycles. The van der Waals surface area contributed by atoms with Crippen molar-refractivity contribution in [1.82, 2.24) is 24.5 Å². The van der Waals surface area contributed by atoms with Gasteiger partial charge in [0.15, 0.2) is 0 Å². The zero-order chi connectivity index (χ0) is 20.4. The van der Waals surface area contributed by atoms with Gasteiger partial charge in [-0.3, -0.25) is 0 Å². The third-order valence-electron chi connectivity index (χ3n) is 4.25. The van der Waals surface area contributed by atoms with Gasteiger partial charge >= 0.3 is 13.1 Å². The van der Waals surface area contributed by atoms with Crippen molar-refractivity contribution in [2.45, 2.75) is 6.54 Å². The maximum Gasteiger partial charge on any atom is 0.490 e. The first-order valence-electron chi connectivity index (χ1n) is 8.66. The molecule has 11 heteroatoms. The van der Waals surface area contributed by atoms with Crippen molar-refractivity contribution in [2.75, 3.05) is 12.4 Å². The predicted molar refractivity (Wildman–Crippen MR) is 105 cm³/mol. The molecule has 29 heavy (non-hydrogen) atoms. The molecule has 2 aromatic carbocycles. The van der Waals surface area contributed by atoms with Gasteiger partial charge in [0.2, 0.25) is 11.9 Å². The Balaban J connectivity index is 1.71. The molecule has 0 fully saturated rings. The lowest BCUT2D eigenvalue weighted by molar-refractivity contribution is 0.374. The molecule has 2 heterocycles. The minimum atomic E-state index is -1.69. The second-order valence-corrected chi connectivity index (χ2v) is 6.12. The minimum Gasteiger partial charge on any atom is -0.468 e. The molecule has 4 aromatic rings. The summed E-state index contributed by atoms with van der Waals surface area (Å²) in [6.07, 6.45) is 1.33. The van der Waals surface area contributed by atoms with Crippen LogP contribution in [0.5, 0.6) is 6.01 Å². The van der Waals surface area contributed by atoms with E-state index < -0.39 is 7.12 Å². The molecule has 0 aliphatic carbocycles. The lowest BCUT2D eigenvalue weighted by atomic mass is 9.79. The average molecular weight is 394 g/mol. The first-order chi connectivity index (χ1) is 14.1. The lowest BCUT2D eigenvalue weighted by Crippen LogP contribution is -2.30. The smallest absolute Gasteiger partial charge is 0.468 e. The largest absolute Gasteiger partial charge is 0.490 e. The maximum atomic E-state index is 13.3. The number of halogens is 1. The van der Waals surface area contributed by atoms with Gasteiger partial charge < -0.3 is 20.1 Å². The van der Waals surface area contributed by atoms with Gasteiger partial charge in [-0.25, -0.2) is 18.9 Å². The second-order valence-electron chi connectivity index (χ2n) is 6.12. The third-order valence-corrected chi connectivity index (χ3v) is 4.25. The van der Waals surface area contributed by atoms with Gasteiger partial charge in [0.1, 0.15) is 12.1 Å². The Morgan fingerprint density at radius 3 is 2.72 bits per heavy atom. The number of fused-ring (bicyclic) bond motifs is 1. The van der Waals surface area contributed by atoms with Gasteiger partial charge in [0.05, 0.1) is 18.1 Å². The first-order valence-corrected chi connectivity index (χ1v) is 8.66. The fraction of sp³-hybridized carbons (Fsp3) is 0.111. The number of anilines is 1. The van der Waals surface area contributed by atoms with Crippen molar-refractivity contribution in [3.05, 3.63) is 60.2 Å². The Hall–Kier alpha value is -3.57. The van der Waals surface area contributed by atoms with Crippen LogP contribution < -0.4 is 15.5 Å². The van der Waals surface area contributed by atoms with Gasteiger partial charge in [-0.1, -0.05) is 24.3 Å². The maximum absolute atomic E-state index is 13.3. The highest BCUT2D eigenvalue weighted by molar-refractivity contribution is 6.61. The monoisotopic (exact) mass is 394 g/mol. The third kappa shape index (κ3) is 3.73. The highest BCUT2D eigenvalue weighted by Crippen LogP contribution is 2.23. The van der Waals surface area contributed by atoms with Crippen LogP contribution >= 0.6 is 0 Å². The molecule has 0 saturated carbocycles. The van der Waals surface area contributed by atoms with E-state index in [1.54, 1.807) is 30.3 Å². The van der Waals surface area contributed by atoms with Crippen molar-refractivity contribution >= 4 is 29.6 Å². The summed E-state index contributed by atoms with van der Waals surface area (Å²) < 4.78 is 20.2. The van der Waals surface area contributed by atoms with E-state index in [4.69, 9.17) is 4.74 Å². The van der Waals surface area contributed by atoms with Crippen LogP contribution in [0.15, 0.2) is 48.8 Å². The normalized spacial score (nSPS) is 10.9. The molecule has 0 aliphatic heterocycles. The molecular weight excluding hydrogens is 378 g/mol. The molecule has 0 atom stereocenters. The molecule has 146 valence electrons. The Morgan fingerprint density at radius 1 is 1.14 bits per heavy atom. The SMILES string of the molecule is COc1nc2c(B(O)O)cccc2n1-c1ncnc(NCc2cccc(F)c2)n1. The van der Waals surface area contributed by atoms with E-state index in [-0.39, 0.29) is 29.2 Å².